The highest BCUT2D eigenvalue weighted by molar-refractivity contribution is 8.01. The number of carbonyl (C=O) groups excluding carboxylic acids is 2. The second-order valence-corrected chi connectivity index (χ2v) is 7.88. The topological polar surface area (TPSA) is 105 Å². The van der Waals surface area contributed by atoms with E-state index in [2.05, 4.69) is 26.4 Å². The molecule has 2 amide bonds. The highest BCUT2D eigenvalue weighted by atomic mass is 32.2. The predicted octanol–water partition coefficient (Wildman–Crippen LogP) is 2.33. The van der Waals surface area contributed by atoms with Crippen molar-refractivity contribution in [3.8, 4) is 5.75 Å². The highest BCUT2D eigenvalue weighted by Gasteiger charge is 2.25. The molecule has 26 heavy (non-hydrogen) atoms. The summed E-state index contributed by atoms with van der Waals surface area (Å²) in [5.41, 5.74) is 5.73. The summed E-state index contributed by atoms with van der Waals surface area (Å²) >= 11 is 2.61. The van der Waals surface area contributed by atoms with Gasteiger partial charge in [0.15, 0.2) is 4.34 Å². The molecule has 1 aromatic carbocycles. The van der Waals surface area contributed by atoms with Gasteiger partial charge in [-0.2, -0.15) is 0 Å². The highest BCUT2D eigenvalue weighted by Crippen LogP contribution is 2.28. The molecule has 1 saturated carbocycles. The molecular weight excluding hydrogens is 374 g/mol. The summed E-state index contributed by atoms with van der Waals surface area (Å²) in [6.45, 7) is 0. The molecule has 10 heteroatoms. The van der Waals surface area contributed by atoms with Crippen LogP contribution in [0.3, 0.4) is 0 Å². The number of amides is 2. The number of hydrogen-bond donors (Lipinski definition) is 3. The Labute approximate surface area is 159 Å². The van der Waals surface area contributed by atoms with E-state index in [1.807, 2.05) is 24.3 Å². The Balaban J connectivity index is 1.42. The van der Waals surface area contributed by atoms with Gasteiger partial charge in [0.1, 0.15) is 5.75 Å². The van der Waals surface area contributed by atoms with Crippen molar-refractivity contribution in [2.75, 3.05) is 18.2 Å². The summed E-state index contributed by atoms with van der Waals surface area (Å²) in [7, 11) is 1.61. The molecule has 0 radical (unpaired) electrons. The summed E-state index contributed by atoms with van der Waals surface area (Å²) in [6.07, 6.45) is 2.86. The quantitative estimate of drug-likeness (QED) is 0.490. The average Bonchev–Trinajstić information content (AvgIpc) is 3.04. The maximum Gasteiger partial charge on any atom is 0.248 e. The van der Waals surface area contributed by atoms with Gasteiger partial charge in [0.05, 0.1) is 12.9 Å². The van der Waals surface area contributed by atoms with Crippen LogP contribution >= 0.6 is 23.1 Å². The van der Waals surface area contributed by atoms with E-state index >= 15 is 0 Å². The first-order chi connectivity index (χ1) is 12.6. The number of anilines is 2. The first-order valence-electron chi connectivity index (χ1n) is 8.10. The Bertz CT molecular complexity index is 779. The average molecular weight is 393 g/mol. The minimum atomic E-state index is -0.278. The minimum absolute atomic E-state index is 0.0383. The van der Waals surface area contributed by atoms with Crippen LogP contribution in [0.5, 0.6) is 5.75 Å². The number of rotatable bonds is 7. The standard InChI is InChI=1S/C16H19N5O3S2/c1-24-12-7-3-6-11(8-12)17-15-20-21-16(26-15)25-9-13(22)18-19-14(23)10-4-2-5-10/h3,6-8,10H,2,4-5,9H2,1H3,(H,17,20)(H,18,22)(H,19,23). The largest absolute Gasteiger partial charge is 0.497 e. The van der Waals surface area contributed by atoms with Crippen LogP contribution in [0.2, 0.25) is 0 Å². The molecule has 1 aliphatic carbocycles. The van der Waals surface area contributed by atoms with Crippen molar-refractivity contribution in [2.45, 2.75) is 23.6 Å². The van der Waals surface area contributed by atoms with E-state index in [1.54, 1.807) is 7.11 Å². The molecule has 1 aliphatic rings. The number of thioether (sulfide) groups is 1. The lowest BCUT2D eigenvalue weighted by atomic mass is 9.85. The summed E-state index contributed by atoms with van der Waals surface area (Å²) < 4.78 is 5.84. The van der Waals surface area contributed by atoms with Gasteiger partial charge in [0.2, 0.25) is 16.9 Å². The van der Waals surface area contributed by atoms with Crippen LogP contribution in [0.1, 0.15) is 19.3 Å². The van der Waals surface area contributed by atoms with Crippen molar-refractivity contribution in [3.05, 3.63) is 24.3 Å². The van der Waals surface area contributed by atoms with E-state index in [0.29, 0.717) is 9.47 Å². The van der Waals surface area contributed by atoms with Gasteiger partial charge in [-0.15, -0.1) is 10.2 Å². The third kappa shape index (κ3) is 5.09. The lowest BCUT2D eigenvalue weighted by Crippen LogP contribution is -2.46. The fourth-order valence-electron chi connectivity index (χ4n) is 2.21. The summed E-state index contributed by atoms with van der Waals surface area (Å²) in [5.74, 6) is 0.542. The maximum atomic E-state index is 11.8. The van der Waals surface area contributed by atoms with Crippen molar-refractivity contribution in [1.29, 1.82) is 0 Å². The number of benzene rings is 1. The van der Waals surface area contributed by atoms with Crippen LogP contribution in [0, 0.1) is 5.92 Å². The Morgan fingerprint density at radius 1 is 1.31 bits per heavy atom. The SMILES string of the molecule is COc1cccc(Nc2nnc(SCC(=O)NNC(=O)C3CCC3)s2)c1. The van der Waals surface area contributed by atoms with Crippen LogP contribution in [0.4, 0.5) is 10.8 Å². The number of ether oxygens (including phenoxy) is 1. The normalized spacial score (nSPS) is 13.6. The number of nitrogens with one attached hydrogen (secondary N) is 3. The number of carbonyl (C=O) groups is 2. The van der Waals surface area contributed by atoms with E-state index in [1.165, 1.54) is 23.1 Å². The molecule has 1 fully saturated rings. The Hall–Kier alpha value is -2.33. The van der Waals surface area contributed by atoms with E-state index in [4.69, 9.17) is 4.74 Å². The van der Waals surface area contributed by atoms with Gasteiger partial charge in [0.25, 0.3) is 0 Å². The Morgan fingerprint density at radius 2 is 2.15 bits per heavy atom. The second-order valence-electron chi connectivity index (χ2n) is 5.68. The lowest BCUT2D eigenvalue weighted by molar-refractivity contribution is -0.132. The molecular formula is C16H19N5O3S2. The number of methoxy groups -OCH3 is 1. The number of hydrazine groups is 1. The first kappa shape index (κ1) is 18.5. The molecule has 0 saturated heterocycles. The van der Waals surface area contributed by atoms with Gasteiger partial charge in [0, 0.05) is 17.7 Å². The van der Waals surface area contributed by atoms with Crippen molar-refractivity contribution >= 4 is 45.7 Å². The number of aromatic nitrogens is 2. The zero-order valence-corrected chi connectivity index (χ0v) is 15.8. The van der Waals surface area contributed by atoms with Crippen LogP contribution in [-0.2, 0) is 9.59 Å². The fourth-order valence-corrected chi connectivity index (χ4v) is 3.78. The van der Waals surface area contributed by atoms with Crippen LogP contribution < -0.4 is 20.9 Å². The smallest absolute Gasteiger partial charge is 0.248 e. The van der Waals surface area contributed by atoms with Crippen molar-refractivity contribution in [1.82, 2.24) is 21.0 Å². The molecule has 0 unspecified atom stereocenters. The first-order valence-corrected chi connectivity index (χ1v) is 9.90. The number of hydrogen-bond acceptors (Lipinski definition) is 8. The van der Waals surface area contributed by atoms with Crippen LogP contribution in [0.25, 0.3) is 0 Å². The van der Waals surface area contributed by atoms with Gasteiger partial charge < -0.3 is 10.1 Å². The zero-order chi connectivity index (χ0) is 18.4. The van der Waals surface area contributed by atoms with Gasteiger partial charge >= 0.3 is 0 Å². The molecule has 138 valence electrons. The van der Waals surface area contributed by atoms with Gasteiger partial charge in [-0.05, 0) is 25.0 Å². The molecule has 1 heterocycles. The van der Waals surface area contributed by atoms with Gasteiger partial charge in [-0.1, -0.05) is 35.6 Å². The third-order valence-electron chi connectivity index (χ3n) is 3.86. The molecule has 2 aromatic rings. The lowest BCUT2D eigenvalue weighted by Gasteiger charge is -2.23. The van der Waals surface area contributed by atoms with Gasteiger partial charge in [-0.25, -0.2) is 0 Å². The van der Waals surface area contributed by atoms with Crippen molar-refractivity contribution < 1.29 is 14.3 Å². The number of nitrogens with zero attached hydrogens (tertiary/aromatic N) is 2. The molecule has 3 rings (SSSR count). The molecule has 0 aliphatic heterocycles. The second kappa shape index (κ2) is 8.86. The van der Waals surface area contributed by atoms with E-state index in [-0.39, 0.29) is 23.5 Å². The third-order valence-corrected chi connectivity index (χ3v) is 5.83. The summed E-state index contributed by atoms with van der Waals surface area (Å²) in [4.78, 5) is 23.5. The summed E-state index contributed by atoms with van der Waals surface area (Å²) in [5, 5.41) is 11.9. The van der Waals surface area contributed by atoms with Gasteiger partial charge in [-0.3, -0.25) is 20.4 Å². The van der Waals surface area contributed by atoms with E-state index in [0.717, 1.165) is 30.7 Å². The molecule has 3 N–H and O–H groups in total. The van der Waals surface area contributed by atoms with E-state index < -0.39 is 0 Å². The Morgan fingerprint density at radius 3 is 2.88 bits per heavy atom. The van der Waals surface area contributed by atoms with Crippen molar-refractivity contribution in [2.24, 2.45) is 5.92 Å². The predicted molar refractivity (Wildman–Crippen MR) is 101 cm³/mol. The zero-order valence-electron chi connectivity index (χ0n) is 14.2. The fraction of sp³-hybridized carbons (Fsp3) is 0.375. The molecule has 0 bridgehead atoms. The minimum Gasteiger partial charge on any atom is -0.497 e. The monoisotopic (exact) mass is 393 g/mol. The molecule has 0 atom stereocenters. The molecule has 8 nitrogen and oxygen atoms in total. The molecule has 1 aromatic heterocycles. The Kier molecular flexibility index (Phi) is 6.29. The van der Waals surface area contributed by atoms with Crippen molar-refractivity contribution in [3.63, 3.8) is 0 Å². The van der Waals surface area contributed by atoms with Crippen LogP contribution in [0.15, 0.2) is 28.6 Å². The molecule has 0 spiro atoms. The maximum absolute atomic E-state index is 11.8. The van der Waals surface area contributed by atoms with Crippen LogP contribution in [-0.4, -0.2) is 34.9 Å². The summed E-state index contributed by atoms with van der Waals surface area (Å²) in [6, 6.07) is 7.48. The van der Waals surface area contributed by atoms with E-state index in [9.17, 15) is 9.59 Å².